The van der Waals surface area contributed by atoms with E-state index in [0.29, 0.717) is 18.0 Å². The molecular formula is C14H19ClN2O3. The molecule has 20 heavy (non-hydrogen) atoms. The van der Waals surface area contributed by atoms with Gasteiger partial charge in [-0.15, -0.1) is 0 Å². The van der Waals surface area contributed by atoms with Gasteiger partial charge in [-0.2, -0.15) is 0 Å². The summed E-state index contributed by atoms with van der Waals surface area (Å²) in [4.78, 5) is 22.3. The highest BCUT2D eigenvalue weighted by molar-refractivity contribution is 6.30. The molecule has 0 heterocycles. The van der Waals surface area contributed by atoms with E-state index in [-0.39, 0.29) is 12.5 Å². The van der Waals surface area contributed by atoms with Crippen LogP contribution < -0.4 is 10.6 Å². The summed E-state index contributed by atoms with van der Waals surface area (Å²) in [5.74, 6) is -0.874. The van der Waals surface area contributed by atoms with E-state index in [1.807, 2.05) is 12.1 Å². The average Bonchev–Trinajstić information content (AvgIpc) is 2.35. The fourth-order valence-corrected chi connectivity index (χ4v) is 1.74. The van der Waals surface area contributed by atoms with Gasteiger partial charge in [0.25, 0.3) is 0 Å². The molecule has 5 nitrogen and oxygen atoms in total. The SMILES string of the molecule is CC(C)(CCC(=O)O)NC(=O)NCc1ccc(Cl)cc1. The van der Waals surface area contributed by atoms with Gasteiger partial charge in [-0.1, -0.05) is 23.7 Å². The Hall–Kier alpha value is -1.75. The Morgan fingerprint density at radius 3 is 2.40 bits per heavy atom. The minimum atomic E-state index is -0.874. The number of hydrogen-bond acceptors (Lipinski definition) is 2. The molecule has 3 N–H and O–H groups in total. The summed E-state index contributed by atoms with van der Waals surface area (Å²) in [5.41, 5.74) is 0.371. The average molecular weight is 299 g/mol. The van der Waals surface area contributed by atoms with Crippen LogP contribution in [0.25, 0.3) is 0 Å². The molecule has 1 aromatic carbocycles. The highest BCUT2D eigenvalue weighted by atomic mass is 35.5. The maximum Gasteiger partial charge on any atom is 0.315 e. The van der Waals surface area contributed by atoms with Gasteiger partial charge in [-0.3, -0.25) is 4.79 Å². The van der Waals surface area contributed by atoms with Crippen LogP contribution in [0.4, 0.5) is 4.79 Å². The second kappa shape index (κ2) is 7.14. The van der Waals surface area contributed by atoms with Crippen LogP contribution in [0.5, 0.6) is 0 Å². The Balaban J connectivity index is 2.39. The van der Waals surface area contributed by atoms with E-state index in [1.54, 1.807) is 26.0 Å². The van der Waals surface area contributed by atoms with Gasteiger partial charge in [0.2, 0.25) is 0 Å². The lowest BCUT2D eigenvalue weighted by molar-refractivity contribution is -0.137. The zero-order valence-corrected chi connectivity index (χ0v) is 12.3. The number of carbonyl (C=O) groups excluding carboxylic acids is 1. The van der Waals surface area contributed by atoms with Crippen molar-refractivity contribution in [3.05, 3.63) is 34.9 Å². The normalized spacial score (nSPS) is 10.9. The molecule has 0 unspecified atom stereocenters. The summed E-state index contributed by atoms with van der Waals surface area (Å²) >= 11 is 5.77. The molecular weight excluding hydrogens is 280 g/mol. The summed E-state index contributed by atoms with van der Waals surface area (Å²) in [6, 6.07) is 6.85. The molecule has 0 aromatic heterocycles. The Labute approximate surface area is 123 Å². The van der Waals surface area contributed by atoms with Gasteiger partial charge in [0, 0.05) is 23.5 Å². The minimum Gasteiger partial charge on any atom is -0.481 e. The first-order valence-corrected chi connectivity index (χ1v) is 6.68. The molecule has 110 valence electrons. The second-order valence-electron chi connectivity index (χ2n) is 5.21. The van der Waals surface area contributed by atoms with Crippen molar-refractivity contribution in [2.75, 3.05) is 0 Å². The van der Waals surface area contributed by atoms with Crippen LogP contribution in [0, 0.1) is 0 Å². The largest absolute Gasteiger partial charge is 0.481 e. The molecule has 0 aliphatic rings. The van der Waals surface area contributed by atoms with E-state index in [2.05, 4.69) is 10.6 Å². The summed E-state index contributed by atoms with van der Waals surface area (Å²) in [6.45, 7) is 3.97. The number of nitrogens with one attached hydrogen (secondary N) is 2. The van der Waals surface area contributed by atoms with Gasteiger partial charge < -0.3 is 15.7 Å². The standard InChI is InChI=1S/C14H19ClN2O3/c1-14(2,8-7-12(18)19)17-13(20)16-9-10-3-5-11(15)6-4-10/h3-6H,7-9H2,1-2H3,(H,18,19)(H2,16,17,20). The topological polar surface area (TPSA) is 78.4 Å². The Bertz CT molecular complexity index is 472. The van der Waals surface area contributed by atoms with Crippen molar-refractivity contribution in [3.8, 4) is 0 Å². The quantitative estimate of drug-likeness (QED) is 0.755. The molecule has 0 spiro atoms. The first kappa shape index (κ1) is 16.3. The molecule has 0 atom stereocenters. The number of amides is 2. The lowest BCUT2D eigenvalue weighted by Crippen LogP contribution is -2.48. The molecule has 0 radical (unpaired) electrons. The Morgan fingerprint density at radius 1 is 1.25 bits per heavy atom. The predicted octanol–water partition coefficient (Wildman–Crippen LogP) is 2.78. The van der Waals surface area contributed by atoms with Crippen molar-refractivity contribution in [1.82, 2.24) is 10.6 Å². The van der Waals surface area contributed by atoms with Crippen LogP contribution in [0.15, 0.2) is 24.3 Å². The third-order valence-electron chi connectivity index (χ3n) is 2.78. The van der Waals surface area contributed by atoms with Crippen molar-refractivity contribution in [1.29, 1.82) is 0 Å². The Morgan fingerprint density at radius 2 is 1.85 bits per heavy atom. The number of carboxylic acids is 1. The fraction of sp³-hybridized carbons (Fsp3) is 0.429. The fourth-order valence-electron chi connectivity index (χ4n) is 1.62. The lowest BCUT2D eigenvalue weighted by atomic mass is 9.99. The minimum absolute atomic E-state index is 0.0183. The van der Waals surface area contributed by atoms with Crippen LogP contribution in [-0.4, -0.2) is 22.6 Å². The molecule has 0 saturated heterocycles. The number of aliphatic carboxylic acids is 1. The molecule has 0 aliphatic carbocycles. The smallest absolute Gasteiger partial charge is 0.315 e. The summed E-state index contributed by atoms with van der Waals surface area (Å²) in [6.07, 6.45) is 0.390. The van der Waals surface area contributed by atoms with E-state index < -0.39 is 11.5 Å². The monoisotopic (exact) mass is 298 g/mol. The summed E-state index contributed by atoms with van der Waals surface area (Å²) in [7, 11) is 0. The van der Waals surface area contributed by atoms with Crippen LogP contribution in [-0.2, 0) is 11.3 Å². The van der Waals surface area contributed by atoms with Crippen molar-refractivity contribution >= 4 is 23.6 Å². The summed E-state index contributed by atoms with van der Waals surface area (Å²) in [5, 5.41) is 14.8. The number of rotatable bonds is 6. The zero-order valence-electron chi connectivity index (χ0n) is 11.6. The second-order valence-corrected chi connectivity index (χ2v) is 5.65. The molecule has 2 amide bonds. The van der Waals surface area contributed by atoms with Gasteiger partial charge >= 0.3 is 12.0 Å². The van der Waals surface area contributed by atoms with Crippen molar-refractivity contribution in [3.63, 3.8) is 0 Å². The van der Waals surface area contributed by atoms with Crippen LogP contribution >= 0.6 is 11.6 Å². The molecule has 1 rings (SSSR count). The zero-order chi connectivity index (χ0) is 15.2. The number of halogens is 1. The molecule has 0 aliphatic heterocycles. The van der Waals surface area contributed by atoms with Gasteiger partial charge in [0.05, 0.1) is 0 Å². The van der Waals surface area contributed by atoms with E-state index in [4.69, 9.17) is 16.7 Å². The lowest BCUT2D eigenvalue weighted by Gasteiger charge is -2.25. The number of hydrogen-bond donors (Lipinski definition) is 3. The third kappa shape index (κ3) is 6.43. The van der Waals surface area contributed by atoms with E-state index in [9.17, 15) is 9.59 Å². The summed E-state index contributed by atoms with van der Waals surface area (Å²) < 4.78 is 0. The first-order chi connectivity index (χ1) is 9.28. The number of carboxylic acid groups (broad SMARTS) is 1. The first-order valence-electron chi connectivity index (χ1n) is 6.31. The van der Waals surface area contributed by atoms with Gasteiger partial charge in [-0.25, -0.2) is 4.79 Å². The van der Waals surface area contributed by atoms with E-state index >= 15 is 0 Å². The third-order valence-corrected chi connectivity index (χ3v) is 3.03. The van der Waals surface area contributed by atoms with Gasteiger partial charge in [0.1, 0.15) is 0 Å². The highest BCUT2D eigenvalue weighted by Gasteiger charge is 2.21. The van der Waals surface area contributed by atoms with Crippen molar-refractivity contribution in [2.45, 2.75) is 38.8 Å². The van der Waals surface area contributed by atoms with Gasteiger partial charge in [0.15, 0.2) is 0 Å². The van der Waals surface area contributed by atoms with E-state index in [1.165, 1.54) is 0 Å². The van der Waals surface area contributed by atoms with Crippen molar-refractivity contribution in [2.24, 2.45) is 0 Å². The molecule has 1 aromatic rings. The maximum absolute atomic E-state index is 11.7. The van der Waals surface area contributed by atoms with E-state index in [0.717, 1.165) is 5.56 Å². The maximum atomic E-state index is 11.7. The van der Waals surface area contributed by atoms with Crippen molar-refractivity contribution < 1.29 is 14.7 Å². The van der Waals surface area contributed by atoms with Crippen LogP contribution in [0.1, 0.15) is 32.3 Å². The highest BCUT2D eigenvalue weighted by Crippen LogP contribution is 2.11. The number of benzene rings is 1. The molecule has 6 heteroatoms. The molecule has 0 saturated carbocycles. The number of urea groups is 1. The Kier molecular flexibility index (Phi) is 5.82. The van der Waals surface area contributed by atoms with Gasteiger partial charge in [-0.05, 0) is 38.0 Å². The molecule has 0 fully saturated rings. The molecule has 0 bridgehead atoms. The number of carbonyl (C=O) groups is 2. The van der Waals surface area contributed by atoms with Crippen LogP contribution in [0.2, 0.25) is 5.02 Å². The predicted molar refractivity (Wildman–Crippen MR) is 77.8 cm³/mol. The van der Waals surface area contributed by atoms with Crippen LogP contribution in [0.3, 0.4) is 0 Å².